The minimum atomic E-state index is 0.0576. The van der Waals surface area contributed by atoms with Gasteiger partial charge in [0.2, 0.25) is 0 Å². The van der Waals surface area contributed by atoms with Gasteiger partial charge in [-0.15, -0.1) is 9.24 Å². The molecule has 2 aromatic rings. The van der Waals surface area contributed by atoms with E-state index in [9.17, 15) is 0 Å². The molecule has 2 nitrogen and oxygen atoms in total. The number of hydrogen-bond donors (Lipinski definition) is 1. The van der Waals surface area contributed by atoms with E-state index in [0.29, 0.717) is 0 Å². The summed E-state index contributed by atoms with van der Waals surface area (Å²) in [5.74, 6) is 1.58. The zero-order valence-corrected chi connectivity index (χ0v) is 9.91. The van der Waals surface area contributed by atoms with Crippen molar-refractivity contribution >= 4 is 14.5 Å². The largest absolute Gasteiger partial charge is 0.457 e. The Morgan fingerprint density at radius 1 is 0.875 bits per heavy atom. The fourth-order valence-corrected chi connectivity index (χ4v) is 1.53. The van der Waals surface area contributed by atoms with Crippen molar-refractivity contribution in [2.24, 2.45) is 0 Å². The van der Waals surface area contributed by atoms with E-state index < -0.39 is 0 Å². The van der Waals surface area contributed by atoms with Crippen LogP contribution in [0.5, 0.6) is 11.5 Å². The van der Waals surface area contributed by atoms with Gasteiger partial charge in [0.25, 0.3) is 0 Å². The van der Waals surface area contributed by atoms with Gasteiger partial charge in [0.05, 0.1) is 6.61 Å². The second-order valence-corrected chi connectivity index (χ2v) is 4.14. The van der Waals surface area contributed by atoms with Crippen LogP contribution in [0.1, 0.15) is 5.56 Å². The number of ether oxygens (including phenoxy) is 1. The van der Waals surface area contributed by atoms with Crippen molar-refractivity contribution in [3.8, 4) is 11.5 Å². The third-order valence-corrected chi connectivity index (χ3v) is 2.61. The van der Waals surface area contributed by atoms with E-state index in [0.717, 1.165) is 22.4 Å². The molecule has 0 aliphatic heterocycles. The zero-order chi connectivity index (χ0) is 11.4. The molecule has 16 heavy (non-hydrogen) atoms. The highest BCUT2D eigenvalue weighted by Gasteiger charge is 1.97. The Bertz CT molecular complexity index is 448. The zero-order valence-electron chi connectivity index (χ0n) is 8.76. The smallest absolute Gasteiger partial charge is 0.127 e. The first-order chi connectivity index (χ1) is 7.78. The molecule has 0 heterocycles. The third kappa shape index (κ3) is 2.82. The average Bonchev–Trinajstić information content (AvgIpc) is 2.33. The van der Waals surface area contributed by atoms with Crippen LogP contribution < -0.4 is 10.0 Å². The maximum absolute atomic E-state index is 8.91. The third-order valence-electron chi connectivity index (χ3n) is 2.22. The normalized spacial score (nSPS) is 10.1. The number of hydrogen-bond acceptors (Lipinski definition) is 2. The van der Waals surface area contributed by atoms with E-state index >= 15 is 0 Å². The lowest BCUT2D eigenvalue weighted by atomic mass is 10.2. The SMILES string of the molecule is OCc1ccc(Oc2ccc(P)cc2)cc1. The number of aliphatic hydroxyl groups excluding tert-OH is 1. The fourth-order valence-electron chi connectivity index (χ4n) is 1.33. The molecule has 0 aromatic heterocycles. The maximum atomic E-state index is 8.91. The first-order valence-corrected chi connectivity index (χ1v) is 5.59. The molecule has 0 amide bonds. The summed E-state index contributed by atoms with van der Waals surface area (Å²) in [7, 11) is 2.63. The lowest BCUT2D eigenvalue weighted by Gasteiger charge is -2.06. The van der Waals surface area contributed by atoms with E-state index in [4.69, 9.17) is 9.84 Å². The molecular weight excluding hydrogens is 219 g/mol. The highest BCUT2D eigenvalue weighted by atomic mass is 31.0. The van der Waals surface area contributed by atoms with E-state index in [2.05, 4.69) is 9.24 Å². The Balaban J connectivity index is 2.11. The Morgan fingerprint density at radius 3 is 1.88 bits per heavy atom. The Kier molecular flexibility index (Phi) is 3.55. The fraction of sp³-hybridized carbons (Fsp3) is 0.0769. The van der Waals surface area contributed by atoms with Gasteiger partial charge in [-0.3, -0.25) is 0 Å². The first kappa shape index (κ1) is 11.1. The van der Waals surface area contributed by atoms with E-state index in [-0.39, 0.29) is 6.61 Å². The molecule has 0 aliphatic carbocycles. The lowest BCUT2D eigenvalue weighted by molar-refractivity contribution is 0.281. The molecule has 0 spiro atoms. The summed E-state index contributed by atoms with van der Waals surface area (Å²) < 4.78 is 5.64. The van der Waals surface area contributed by atoms with Gasteiger partial charge in [-0.2, -0.15) is 0 Å². The summed E-state index contributed by atoms with van der Waals surface area (Å²) in [6, 6.07) is 15.2. The van der Waals surface area contributed by atoms with Gasteiger partial charge in [-0.1, -0.05) is 24.3 Å². The van der Waals surface area contributed by atoms with Gasteiger partial charge in [0.1, 0.15) is 11.5 Å². The molecule has 1 N–H and O–H groups in total. The summed E-state index contributed by atoms with van der Waals surface area (Å²) in [5.41, 5.74) is 0.882. The van der Waals surface area contributed by atoms with Crippen LogP contribution in [0.4, 0.5) is 0 Å². The molecule has 2 rings (SSSR count). The quantitative estimate of drug-likeness (QED) is 0.824. The molecule has 2 aromatic carbocycles. The molecule has 1 unspecified atom stereocenters. The van der Waals surface area contributed by atoms with Crippen molar-refractivity contribution in [2.45, 2.75) is 6.61 Å². The van der Waals surface area contributed by atoms with Crippen molar-refractivity contribution < 1.29 is 9.84 Å². The van der Waals surface area contributed by atoms with Crippen molar-refractivity contribution in [1.82, 2.24) is 0 Å². The van der Waals surface area contributed by atoms with Gasteiger partial charge in [0, 0.05) is 0 Å². The predicted octanol–water partition coefficient (Wildman–Crippen LogP) is 2.47. The van der Waals surface area contributed by atoms with Gasteiger partial charge < -0.3 is 9.84 Å². The predicted molar refractivity (Wildman–Crippen MR) is 68.2 cm³/mol. The summed E-state index contributed by atoms with van der Waals surface area (Å²) >= 11 is 0. The molecule has 0 saturated heterocycles. The molecular formula is C13H13O2P. The highest BCUT2D eigenvalue weighted by molar-refractivity contribution is 7.27. The second-order valence-electron chi connectivity index (χ2n) is 3.47. The summed E-state index contributed by atoms with van der Waals surface area (Å²) in [6.07, 6.45) is 0. The van der Waals surface area contributed by atoms with Crippen molar-refractivity contribution in [3.63, 3.8) is 0 Å². The highest BCUT2D eigenvalue weighted by Crippen LogP contribution is 2.20. The van der Waals surface area contributed by atoms with Gasteiger partial charge in [-0.05, 0) is 35.1 Å². The van der Waals surface area contributed by atoms with Crippen LogP contribution in [-0.2, 0) is 6.61 Å². The maximum Gasteiger partial charge on any atom is 0.127 e. The van der Waals surface area contributed by atoms with Crippen molar-refractivity contribution in [1.29, 1.82) is 0 Å². The number of rotatable bonds is 3. The van der Waals surface area contributed by atoms with E-state index in [1.807, 2.05) is 48.5 Å². The van der Waals surface area contributed by atoms with Crippen molar-refractivity contribution in [2.75, 3.05) is 0 Å². The van der Waals surface area contributed by atoms with Crippen LogP contribution in [0.25, 0.3) is 0 Å². The number of aliphatic hydroxyl groups is 1. The summed E-state index contributed by atoms with van der Waals surface area (Å²) in [4.78, 5) is 0. The molecule has 0 aliphatic rings. The van der Waals surface area contributed by atoms with Crippen LogP contribution in [0, 0.1) is 0 Å². The minimum absolute atomic E-state index is 0.0576. The van der Waals surface area contributed by atoms with Crippen LogP contribution in [0.3, 0.4) is 0 Å². The van der Waals surface area contributed by atoms with Gasteiger partial charge in [-0.25, -0.2) is 0 Å². The molecule has 0 radical (unpaired) electrons. The monoisotopic (exact) mass is 232 g/mol. The summed E-state index contributed by atoms with van der Waals surface area (Å²) in [5, 5.41) is 10.0. The first-order valence-electron chi connectivity index (χ1n) is 5.01. The molecule has 3 heteroatoms. The number of benzene rings is 2. The van der Waals surface area contributed by atoms with Gasteiger partial charge in [0.15, 0.2) is 0 Å². The Morgan fingerprint density at radius 2 is 1.38 bits per heavy atom. The van der Waals surface area contributed by atoms with Crippen LogP contribution >= 0.6 is 9.24 Å². The Labute approximate surface area is 97.1 Å². The van der Waals surface area contributed by atoms with Crippen LogP contribution in [0.2, 0.25) is 0 Å². The van der Waals surface area contributed by atoms with Gasteiger partial charge >= 0.3 is 0 Å². The lowest BCUT2D eigenvalue weighted by Crippen LogP contribution is -1.90. The summed E-state index contributed by atoms with van der Waals surface area (Å²) in [6.45, 7) is 0.0576. The molecule has 0 saturated carbocycles. The van der Waals surface area contributed by atoms with E-state index in [1.54, 1.807) is 0 Å². The standard InChI is InChI=1S/C13H13O2P/c14-9-10-1-3-11(4-2-10)15-12-5-7-13(16)8-6-12/h1-8,14H,9,16H2. The Hall–Kier alpha value is -1.37. The molecule has 82 valence electrons. The molecule has 0 bridgehead atoms. The second kappa shape index (κ2) is 5.11. The van der Waals surface area contributed by atoms with Crippen molar-refractivity contribution in [3.05, 3.63) is 54.1 Å². The van der Waals surface area contributed by atoms with E-state index in [1.165, 1.54) is 0 Å². The molecule has 0 fully saturated rings. The van der Waals surface area contributed by atoms with Crippen LogP contribution in [0.15, 0.2) is 48.5 Å². The molecule has 1 atom stereocenters. The topological polar surface area (TPSA) is 29.5 Å². The minimum Gasteiger partial charge on any atom is -0.457 e. The van der Waals surface area contributed by atoms with Crippen LogP contribution in [-0.4, -0.2) is 5.11 Å². The average molecular weight is 232 g/mol.